The first kappa shape index (κ1) is 12.7. The Hall–Kier alpha value is -0.290. The molecule has 4 rings (SSSR count). The molecule has 104 valence electrons. The van der Waals surface area contributed by atoms with Gasteiger partial charge >= 0.3 is 6.36 Å². The van der Waals surface area contributed by atoms with Crippen molar-refractivity contribution in [2.45, 2.75) is 50.4 Å². The number of halogens is 3. The molecule has 2 nitrogen and oxygen atoms in total. The second kappa shape index (κ2) is 4.37. The average molecular weight is 263 g/mol. The lowest BCUT2D eigenvalue weighted by atomic mass is 9.53. The van der Waals surface area contributed by atoms with Crippen molar-refractivity contribution in [1.29, 1.82) is 0 Å². The van der Waals surface area contributed by atoms with Crippen LogP contribution in [0.4, 0.5) is 13.2 Å². The molecule has 18 heavy (non-hydrogen) atoms. The van der Waals surface area contributed by atoms with Crippen LogP contribution in [0.5, 0.6) is 0 Å². The quantitative estimate of drug-likeness (QED) is 0.787. The van der Waals surface area contributed by atoms with Crippen molar-refractivity contribution in [3.8, 4) is 0 Å². The minimum absolute atomic E-state index is 0.129. The minimum Gasteiger partial charge on any atom is -0.309 e. The van der Waals surface area contributed by atoms with E-state index in [0.717, 1.165) is 37.0 Å². The van der Waals surface area contributed by atoms with Crippen LogP contribution in [0.25, 0.3) is 0 Å². The topological polar surface area (TPSA) is 21.3 Å². The first-order chi connectivity index (χ1) is 8.44. The summed E-state index contributed by atoms with van der Waals surface area (Å²) in [6, 6.07) is 0. The van der Waals surface area contributed by atoms with Crippen LogP contribution in [0.1, 0.15) is 38.5 Å². The zero-order chi connectivity index (χ0) is 12.8. The fourth-order valence-electron chi connectivity index (χ4n) is 4.81. The van der Waals surface area contributed by atoms with E-state index in [9.17, 15) is 13.2 Å². The molecular weight excluding hydrogens is 243 g/mol. The fourth-order valence-corrected chi connectivity index (χ4v) is 4.81. The van der Waals surface area contributed by atoms with Crippen molar-refractivity contribution in [2.75, 3.05) is 13.2 Å². The fraction of sp³-hybridized carbons (Fsp3) is 1.00. The molecule has 4 aliphatic rings. The summed E-state index contributed by atoms with van der Waals surface area (Å²) in [5.41, 5.74) is 0.129. The van der Waals surface area contributed by atoms with Gasteiger partial charge in [-0.3, -0.25) is 4.74 Å². The maximum Gasteiger partial charge on any atom is 0.522 e. The largest absolute Gasteiger partial charge is 0.522 e. The van der Waals surface area contributed by atoms with E-state index in [1.807, 2.05) is 0 Å². The third-order valence-electron chi connectivity index (χ3n) is 4.91. The van der Waals surface area contributed by atoms with E-state index in [1.54, 1.807) is 0 Å². The first-order valence-electron chi connectivity index (χ1n) is 6.90. The molecule has 1 N–H and O–H groups in total. The Bertz CT molecular complexity index is 281. The third-order valence-corrected chi connectivity index (χ3v) is 4.91. The van der Waals surface area contributed by atoms with Crippen molar-refractivity contribution in [3.05, 3.63) is 0 Å². The Kier molecular flexibility index (Phi) is 3.09. The number of alkyl halides is 3. The van der Waals surface area contributed by atoms with Gasteiger partial charge in [-0.1, -0.05) is 0 Å². The lowest BCUT2D eigenvalue weighted by molar-refractivity contribution is -0.324. The summed E-state index contributed by atoms with van der Waals surface area (Å²) in [6.07, 6.45) is 3.02. The van der Waals surface area contributed by atoms with Gasteiger partial charge < -0.3 is 5.32 Å². The summed E-state index contributed by atoms with van der Waals surface area (Å²) in [5.74, 6) is 2.44. The minimum atomic E-state index is -4.50. The van der Waals surface area contributed by atoms with E-state index >= 15 is 0 Å². The summed E-state index contributed by atoms with van der Waals surface area (Å²) in [5, 5.41) is 3.37. The van der Waals surface area contributed by atoms with Crippen LogP contribution < -0.4 is 5.32 Å². The number of nitrogens with one attached hydrogen (secondary N) is 1. The number of hydrogen-bond donors (Lipinski definition) is 1. The Labute approximate surface area is 105 Å². The van der Waals surface area contributed by atoms with E-state index in [-0.39, 0.29) is 12.1 Å². The predicted molar refractivity (Wildman–Crippen MR) is 60.9 cm³/mol. The van der Waals surface area contributed by atoms with E-state index in [2.05, 4.69) is 10.1 Å². The van der Waals surface area contributed by atoms with E-state index in [4.69, 9.17) is 0 Å². The average Bonchev–Trinajstić information content (AvgIpc) is 2.21. The molecule has 0 aliphatic heterocycles. The summed E-state index contributed by atoms with van der Waals surface area (Å²) in [6.45, 7) is 0.0386. The smallest absolute Gasteiger partial charge is 0.309 e. The van der Waals surface area contributed by atoms with E-state index < -0.39 is 6.36 Å². The molecule has 4 fully saturated rings. The molecule has 4 bridgehead atoms. The normalized spacial score (nSPS) is 42.5. The molecule has 0 aromatic carbocycles. The number of ether oxygens (including phenoxy) is 1. The van der Waals surface area contributed by atoms with Gasteiger partial charge in [0.25, 0.3) is 0 Å². The molecule has 0 atom stereocenters. The molecule has 0 aromatic rings. The molecule has 0 heterocycles. The molecule has 4 aliphatic carbocycles. The van der Waals surface area contributed by atoms with Crippen LogP contribution in [0.2, 0.25) is 0 Å². The zero-order valence-corrected chi connectivity index (χ0v) is 10.4. The van der Waals surface area contributed by atoms with Gasteiger partial charge in [0, 0.05) is 12.1 Å². The zero-order valence-electron chi connectivity index (χ0n) is 10.4. The van der Waals surface area contributed by atoms with Gasteiger partial charge in [-0.15, -0.1) is 13.2 Å². The highest BCUT2D eigenvalue weighted by molar-refractivity contribution is 5.06. The monoisotopic (exact) mass is 263 g/mol. The Morgan fingerprint density at radius 3 is 1.94 bits per heavy atom. The molecule has 0 aromatic heterocycles. The van der Waals surface area contributed by atoms with Gasteiger partial charge in [0.1, 0.15) is 0 Å². The van der Waals surface area contributed by atoms with Gasteiger partial charge in [0.15, 0.2) is 0 Å². The summed E-state index contributed by atoms with van der Waals surface area (Å²) < 4.78 is 39.5. The Morgan fingerprint density at radius 2 is 1.50 bits per heavy atom. The molecule has 0 unspecified atom stereocenters. The van der Waals surface area contributed by atoms with Crippen LogP contribution in [0.3, 0.4) is 0 Å². The summed E-state index contributed by atoms with van der Waals surface area (Å²) >= 11 is 0. The molecule has 0 saturated heterocycles. The van der Waals surface area contributed by atoms with Crippen LogP contribution >= 0.6 is 0 Å². The van der Waals surface area contributed by atoms with Crippen molar-refractivity contribution in [3.63, 3.8) is 0 Å². The van der Waals surface area contributed by atoms with E-state index in [1.165, 1.54) is 19.3 Å². The van der Waals surface area contributed by atoms with Gasteiger partial charge in [0.2, 0.25) is 0 Å². The number of hydrogen-bond acceptors (Lipinski definition) is 2. The highest BCUT2D eigenvalue weighted by atomic mass is 19.4. The van der Waals surface area contributed by atoms with Gasteiger partial charge in [-0.25, -0.2) is 0 Å². The first-order valence-corrected chi connectivity index (χ1v) is 6.90. The summed E-state index contributed by atoms with van der Waals surface area (Å²) in [7, 11) is 0. The van der Waals surface area contributed by atoms with Crippen LogP contribution in [-0.4, -0.2) is 25.1 Å². The molecule has 4 saturated carbocycles. The molecule has 0 amide bonds. The second-order valence-corrected chi connectivity index (χ2v) is 6.42. The lowest BCUT2D eigenvalue weighted by Crippen LogP contribution is -2.59. The molecule has 0 spiro atoms. The Morgan fingerprint density at radius 1 is 1.00 bits per heavy atom. The highest BCUT2D eigenvalue weighted by Gasteiger charge is 2.50. The highest BCUT2D eigenvalue weighted by Crippen LogP contribution is 2.55. The van der Waals surface area contributed by atoms with Gasteiger partial charge in [-0.05, 0) is 56.3 Å². The molecule has 5 heteroatoms. The lowest BCUT2D eigenvalue weighted by Gasteiger charge is -2.57. The molecular formula is C13H20F3NO. The van der Waals surface area contributed by atoms with Crippen molar-refractivity contribution in [1.82, 2.24) is 5.32 Å². The van der Waals surface area contributed by atoms with Crippen molar-refractivity contribution >= 4 is 0 Å². The predicted octanol–water partition coefficient (Wildman–Crippen LogP) is 3.08. The van der Waals surface area contributed by atoms with Crippen molar-refractivity contribution in [2.24, 2.45) is 17.8 Å². The molecule has 0 radical (unpaired) electrons. The van der Waals surface area contributed by atoms with E-state index in [0.29, 0.717) is 6.54 Å². The number of rotatable bonds is 4. The second-order valence-electron chi connectivity index (χ2n) is 6.42. The van der Waals surface area contributed by atoms with Crippen molar-refractivity contribution < 1.29 is 17.9 Å². The van der Waals surface area contributed by atoms with Gasteiger partial charge in [-0.2, -0.15) is 0 Å². The Balaban J connectivity index is 1.50. The van der Waals surface area contributed by atoms with Crippen LogP contribution in [0.15, 0.2) is 0 Å². The maximum atomic E-state index is 11.9. The maximum absolute atomic E-state index is 11.9. The van der Waals surface area contributed by atoms with Gasteiger partial charge in [0.05, 0.1) is 6.61 Å². The third kappa shape index (κ3) is 2.67. The summed E-state index contributed by atoms with van der Waals surface area (Å²) in [4.78, 5) is 0. The van der Waals surface area contributed by atoms with Crippen LogP contribution in [-0.2, 0) is 4.74 Å². The SMILES string of the molecule is FC(F)(F)OCCNC12CC3CC(CC(C3)C1)C2. The standard InChI is InChI=1S/C13H20F3NO/c14-13(15,16)18-2-1-17-12-6-9-3-10(7-12)5-11(4-9)8-12/h9-11,17H,1-8H2. The van der Waals surface area contributed by atoms with Crippen LogP contribution in [0, 0.1) is 17.8 Å².